The Bertz CT molecular complexity index is 353. The predicted octanol–water partition coefficient (Wildman–Crippen LogP) is 3.35. The molecule has 1 aromatic carbocycles. The number of hydrogen-bond donors (Lipinski definition) is 0. The lowest BCUT2D eigenvalue weighted by Crippen LogP contribution is -2.36. The molecule has 0 bridgehead atoms. The van der Waals surface area contributed by atoms with Crippen molar-refractivity contribution in [3.05, 3.63) is 30.1 Å². The molecule has 0 spiro atoms. The van der Waals surface area contributed by atoms with Gasteiger partial charge in [0.2, 0.25) is 5.91 Å². The van der Waals surface area contributed by atoms with Crippen molar-refractivity contribution in [3.8, 4) is 0 Å². The van der Waals surface area contributed by atoms with Crippen LogP contribution in [-0.2, 0) is 4.79 Å². The Kier molecular flexibility index (Phi) is 4.93. The fourth-order valence-electron chi connectivity index (χ4n) is 1.43. The molecule has 88 valence electrons. The molecule has 1 aromatic rings. The van der Waals surface area contributed by atoms with E-state index in [1.165, 1.54) is 12.1 Å². The third kappa shape index (κ3) is 3.04. The second kappa shape index (κ2) is 5.99. The molecule has 0 N–H and O–H groups in total. The molecule has 0 heterocycles. The molecule has 1 rings (SSSR count). The summed E-state index contributed by atoms with van der Waals surface area (Å²) in [4.78, 5) is 13.4. The van der Waals surface area contributed by atoms with Gasteiger partial charge in [-0.2, -0.15) is 0 Å². The number of carbonyl (C=O) groups excluding carboxylic acids is 1. The molecule has 0 aliphatic rings. The Morgan fingerprint density at radius 1 is 1.38 bits per heavy atom. The zero-order valence-electron chi connectivity index (χ0n) is 9.41. The number of alkyl halides is 1. The monoisotopic (exact) mass is 287 g/mol. The summed E-state index contributed by atoms with van der Waals surface area (Å²) in [6.07, 6.45) is 0.733. The first-order valence-corrected chi connectivity index (χ1v) is 6.22. The zero-order valence-corrected chi connectivity index (χ0v) is 11.0. The van der Waals surface area contributed by atoms with Crippen LogP contribution in [0, 0.1) is 5.82 Å². The number of nitrogens with zero attached hydrogens (tertiary/aromatic N) is 1. The van der Waals surface area contributed by atoms with Crippen LogP contribution >= 0.6 is 15.9 Å². The minimum absolute atomic E-state index is 0.0107. The largest absolute Gasteiger partial charge is 0.312 e. The first kappa shape index (κ1) is 13.2. The van der Waals surface area contributed by atoms with Crippen LogP contribution in [0.2, 0.25) is 0 Å². The van der Waals surface area contributed by atoms with E-state index < -0.39 is 0 Å². The van der Waals surface area contributed by atoms with E-state index >= 15 is 0 Å². The molecule has 1 atom stereocenters. The van der Waals surface area contributed by atoms with Crippen molar-refractivity contribution < 1.29 is 9.18 Å². The average molecular weight is 288 g/mol. The van der Waals surface area contributed by atoms with Crippen LogP contribution < -0.4 is 4.90 Å². The summed E-state index contributed by atoms with van der Waals surface area (Å²) >= 11 is 3.33. The summed E-state index contributed by atoms with van der Waals surface area (Å²) in [5.74, 6) is -0.283. The number of hydrogen-bond acceptors (Lipinski definition) is 1. The molecular weight excluding hydrogens is 273 g/mol. The molecule has 0 aliphatic heterocycles. The molecule has 0 saturated heterocycles. The summed E-state index contributed by atoms with van der Waals surface area (Å²) in [6.45, 7) is 4.42. The van der Waals surface area contributed by atoms with Gasteiger partial charge in [-0.15, -0.1) is 0 Å². The fourth-order valence-corrected chi connectivity index (χ4v) is 1.68. The van der Waals surface area contributed by atoms with E-state index in [-0.39, 0.29) is 16.6 Å². The lowest BCUT2D eigenvalue weighted by Gasteiger charge is -2.23. The maximum Gasteiger partial charge on any atom is 0.240 e. The van der Waals surface area contributed by atoms with Gasteiger partial charge in [-0.1, -0.05) is 22.9 Å². The van der Waals surface area contributed by atoms with E-state index in [9.17, 15) is 9.18 Å². The Balaban J connectivity index is 2.90. The average Bonchev–Trinajstić information content (AvgIpc) is 2.31. The molecule has 1 unspecified atom stereocenters. The highest BCUT2D eigenvalue weighted by atomic mass is 79.9. The number of rotatable bonds is 4. The maximum atomic E-state index is 12.8. The van der Waals surface area contributed by atoms with Crippen LogP contribution in [-0.4, -0.2) is 17.3 Å². The van der Waals surface area contributed by atoms with Crippen LogP contribution in [0.1, 0.15) is 20.3 Å². The van der Waals surface area contributed by atoms with Gasteiger partial charge >= 0.3 is 0 Å². The summed E-state index contributed by atoms with van der Waals surface area (Å²) < 4.78 is 12.8. The van der Waals surface area contributed by atoms with E-state index in [4.69, 9.17) is 0 Å². The summed E-state index contributed by atoms with van der Waals surface area (Å²) in [7, 11) is 0. The Labute approximate surface area is 104 Å². The highest BCUT2D eigenvalue weighted by Crippen LogP contribution is 2.18. The molecule has 0 saturated carbocycles. The van der Waals surface area contributed by atoms with Crippen molar-refractivity contribution >= 4 is 27.5 Å². The van der Waals surface area contributed by atoms with E-state index in [0.717, 1.165) is 12.1 Å². The molecule has 0 aromatic heterocycles. The predicted molar refractivity (Wildman–Crippen MR) is 67.4 cm³/mol. The Hall–Kier alpha value is -0.900. The normalized spacial score (nSPS) is 12.2. The molecule has 16 heavy (non-hydrogen) atoms. The maximum absolute atomic E-state index is 12.8. The fraction of sp³-hybridized carbons (Fsp3) is 0.417. The van der Waals surface area contributed by atoms with Crippen molar-refractivity contribution in [2.75, 3.05) is 11.4 Å². The van der Waals surface area contributed by atoms with Gasteiger partial charge in [0.15, 0.2) is 0 Å². The quantitative estimate of drug-likeness (QED) is 0.778. The second-order valence-corrected chi connectivity index (χ2v) is 4.54. The number of halogens is 2. The van der Waals surface area contributed by atoms with Gasteiger partial charge in [-0.25, -0.2) is 4.39 Å². The molecular formula is C12H15BrFNO. The lowest BCUT2D eigenvalue weighted by molar-refractivity contribution is -0.118. The van der Waals surface area contributed by atoms with Crippen molar-refractivity contribution in [3.63, 3.8) is 0 Å². The van der Waals surface area contributed by atoms with Gasteiger partial charge in [0.05, 0.1) is 4.83 Å². The highest BCUT2D eigenvalue weighted by Gasteiger charge is 2.20. The minimum Gasteiger partial charge on any atom is -0.312 e. The smallest absolute Gasteiger partial charge is 0.240 e. The summed E-state index contributed by atoms with van der Waals surface area (Å²) in [6, 6.07) is 5.96. The van der Waals surface area contributed by atoms with E-state index in [1.54, 1.807) is 17.0 Å². The summed E-state index contributed by atoms with van der Waals surface area (Å²) in [5.41, 5.74) is 0.729. The van der Waals surface area contributed by atoms with Crippen molar-refractivity contribution in [1.82, 2.24) is 0 Å². The first-order valence-electron chi connectivity index (χ1n) is 5.31. The number of benzene rings is 1. The van der Waals surface area contributed by atoms with Gasteiger partial charge in [-0.05, 0) is 37.6 Å². The highest BCUT2D eigenvalue weighted by molar-refractivity contribution is 9.10. The zero-order chi connectivity index (χ0) is 12.1. The molecule has 0 fully saturated rings. The van der Waals surface area contributed by atoms with Gasteiger partial charge in [-0.3, -0.25) is 4.79 Å². The van der Waals surface area contributed by atoms with Crippen LogP contribution in [0.15, 0.2) is 24.3 Å². The van der Waals surface area contributed by atoms with E-state index in [1.807, 2.05) is 13.8 Å². The molecule has 0 aliphatic carbocycles. The van der Waals surface area contributed by atoms with E-state index in [2.05, 4.69) is 15.9 Å². The number of amides is 1. The molecule has 4 heteroatoms. The summed E-state index contributed by atoms with van der Waals surface area (Å²) in [5, 5.41) is 0. The van der Waals surface area contributed by atoms with Crippen molar-refractivity contribution in [1.29, 1.82) is 0 Å². The van der Waals surface area contributed by atoms with Gasteiger partial charge in [0, 0.05) is 12.2 Å². The van der Waals surface area contributed by atoms with Crippen LogP contribution in [0.4, 0.5) is 10.1 Å². The van der Waals surface area contributed by atoms with E-state index in [0.29, 0.717) is 6.54 Å². The second-order valence-electron chi connectivity index (χ2n) is 3.43. The Morgan fingerprint density at radius 3 is 2.38 bits per heavy atom. The van der Waals surface area contributed by atoms with Crippen LogP contribution in [0.3, 0.4) is 0 Å². The van der Waals surface area contributed by atoms with Crippen molar-refractivity contribution in [2.45, 2.75) is 25.1 Å². The third-order valence-corrected chi connectivity index (χ3v) is 3.39. The first-order chi connectivity index (χ1) is 7.60. The topological polar surface area (TPSA) is 20.3 Å². The number of carbonyl (C=O) groups is 1. The molecule has 0 radical (unpaired) electrons. The minimum atomic E-state index is -0.293. The van der Waals surface area contributed by atoms with Gasteiger partial charge in [0.25, 0.3) is 0 Å². The van der Waals surface area contributed by atoms with Gasteiger partial charge < -0.3 is 4.90 Å². The molecule has 2 nitrogen and oxygen atoms in total. The lowest BCUT2D eigenvalue weighted by atomic mass is 10.2. The Morgan fingerprint density at radius 2 is 1.94 bits per heavy atom. The van der Waals surface area contributed by atoms with Crippen LogP contribution in [0.25, 0.3) is 0 Å². The van der Waals surface area contributed by atoms with Crippen molar-refractivity contribution in [2.24, 2.45) is 0 Å². The third-order valence-electron chi connectivity index (χ3n) is 2.35. The standard InChI is InChI=1S/C12H15BrFNO/c1-3-11(13)12(16)15(4-2)10-7-5-9(14)6-8-10/h5-8,11H,3-4H2,1-2H3. The number of anilines is 1. The molecule has 1 amide bonds. The SMILES string of the molecule is CCC(Br)C(=O)N(CC)c1ccc(F)cc1. The van der Waals surface area contributed by atoms with Gasteiger partial charge in [0.1, 0.15) is 5.82 Å². The van der Waals surface area contributed by atoms with Crippen LogP contribution in [0.5, 0.6) is 0 Å².